The van der Waals surface area contributed by atoms with E-state index in [4.69, 9.17) is 20.1 Å². The summed E-state index contributed by atoms with van der Waals surface area (Å²) in [5.74, 6) is 0.114. The number of ether oxygens (including phenoxy) is 2. The highest BCUT2D eigenvalue weighted by Gasteiger charge is 2.39. The minimum absolute atomic E-state index is 0.0778. The maximum Gasteiger partial charge on any atom is 0.186 e. The Balaban J connectivity index is 1.86. The Labute approximate surface area is 164 Å². The molecule has 1 aliphatic heterocycles. The molecule has 0 amide bonds. The van der Waals surface area contributed by atoms with Crippen molar-refractivity contribution in [3.05, 3.63) is 38.7 Å². The number of aromatic nitrogens is 2. The van der Waals surface area contributed by atoms with E-state index in [1.807, 2.05) is 13.0 Å². The number of nitrogens with one attached hydrogen (secondary N) is 1. The van der Waals surface area contributed by atoms with E-state index < -0.39 is 5.92 Å². The average molecular weight is 400 g/mol. The monoisotopic (exact) mass is 400 g/mol. The Bertz CT molecular complexity index is 962. The van der Waals surface area contributed by atoms with Crippen molar-refractivity contribution in [1.82, 2.24) is 10.2 Å². The van der Waals surface area contributed by atoms with Crippen LogP contribution in [0.25, 0.3) is 6.08 Å². The molecule has 27 heavy (non-hydrogen) atoms. The molecule has 1 atom stereocenters. The maximum absolute atomic E-state index is 12.8. The van der Waals surface area contributed by atoms with Crippen LogP contribution in [0, 0.1) is 16.7 Å². The first-order chi connectivity index (χ1) is 13.1. The van der Waals surface area contributed by atoms with E-state index in [1.165, 1.54) is 18.4 Å². The quantitative estimate of drug-likeness (QED) is 0.740. The number of carbonyl (C=O) groups excluding carboxylic acids is 1. The Morgan fingerprint density at radius 1 is 1.37 bits per heavy atom. The van der Waals surface area contributed by atoms with Gasteiger partial charge in [0.25, 0.3) is 0 Å². The molecule has 1 N–H and O–H groups in total. The number of thioether (sulfide) groups is 1. The van der Waals surface area contributed by atoms with Gasteiger partial charge in [0.05, 0.1) is 17.1 Å². The summed E-state index contributed by atoms with van der Waals surface area (Å²) < 4.78 is 10.6. The molecule has 0 unspecified atom stereocenters. The first kappa shape index (κ1) is 19.1. The summed E-state index contributed by atoms with van der Waals surface area (Å²) in [4.78, 5) is 13.3. The first-order valence-electron chi connectivity index (χ1n) is 8.09. The Morgan fingerprint density at radius 3 is 2.85 bits per heavy atom. The van der Waals surface area contributed by atoms with Crippen LogP contribution < -0.4 is 9.47 Å². The van der Waals surface area contributed by atoms with Gasteiger partial charge < -0.3 is 9.47 Å². The van der Waals surface area contributed by atoms with Crippen molar-refractivity contribution < 1.29 is 14.3 Å². The number of hydrogen-bond acceptors (Lipinski definition) is 9. The molecule has 1 fully saturated rings. The number of ketones is 1. The lowest BCUT2D eigenvalue weighted by molar-refractivity contribution is -0.114. The molecule has 0 aliphatic carbocycles. The lowest BCUT2D eigenvalue weighted by Crippen LogP contribution is -2.11. The van der Waals surface area contributed by atoms with Crippen LogP contribution in [0.5, 0.6) is 11.5 Å². The van der Waals surface area contributed by atoms with Crippen LogP contribution in [-0.4, -0.2) is 34.7 Å². The zero-order chi connectivity index (χ0) is 19.4. The lowest BCUT2D eigenvalue weighted by atomic mass is 10.1. The van der Waals surface area contributed by atoms with Crippen molar-refractivity contribution in [2.75, 3.05) is 13.7 Å². The topological polar surface area (TPSA) is 109 Å². The zero-order valence-corrected chi connectivity index (χ0v) is 16.3. The minimum Gasteiger partial charge on any atom is -0.493 e. The van der Waals surface area contributed by atoms with Gasteiger partial charge in [0.15, 0.2) is 23.9 Å². The van der Waals surface area contributed by atoms with E-state index in [-0.39, 0.29) is 17.4 Å². The second kappa shape index (κ2) is 8.33. The normalized spacial score (nSPS) is 18.0. The van der Waals surface area contributed by atoms with Crippen molar-refractivity contribution in [1.29, 1.82) is 10.7 Å². The summed E-state index contributed by atoms with van der Waals surface area (Å²) >= 11 is 2.51. The van der Waals surface area contributed by atoms with Crippen molar-refractivity contribution in [3.63, 3.8) is 0 Å². The minimum atomic E-state index is -0.667. The van der Waals surface area contributed by atoms with Gasteiger partial charge >= 0.3 is 0 Å². The van der Waals surface area contributed by atoms with Gasteiger partial charge in [-0.2, -0.15) is 5.26 Å². The molecule has 1 aromatic carbocycles. The number of nitrogens with zero attached hydrogens (tertiary/aromatic N) is 3. The van der Waals surface area contributed by atoms with E-state index in [1.54, 1.807) is 24.3 Å². The molecule has 0 saturated carbocycles. The highest BCUT2D eigenvalue weighted by molar-refractivity contribution is 8.19. The van der Waals surface area contributed by atoms with Gasteiger partial charge in [-0.05, 0) is 30.2 Å². The smallest absolute Gasteiger partial charge is 0.186 e. The van der Waals surface area contributed by atoms with E-state index >= 15 is 0 Å². The predicted octanol–water partition coefficient (Wildman–Crippen LogP) is 3.43. The predicted molar refractivity (Wildman–Crippen MR) is 104 cm³/mol. The third kappa shape index (κ3) is 4.02. The van der Waals surface area contributed by atoms with Gasteiger partial charge in [-0.1, -0.05) is 24.8 Å². The fraction of sp³-hybridized carbons (Fsp3) is 0.278. The van der Waals surface area contributed by atoms with Crippen LogP contribution in [0.3, 0.4) is 0 Å². The van der Waals surface area contributed by atoms with E-state index in [0.717, 1.165) is 28.8 Å². The van der Waals surface area contributed by atoms with Crippen LogP contribution in [0.15, 0.2) is 23.1 Å². The molecule has 1 saturated heterocycles. The number of nitriles is 1. The fourth-order valence-corrected chi connectivity index (χ4v) is 4.45. The van der Waals surface area contributed by atoms with Crippen LogP contribution >= 0.6 is 23.1 Å². The fourth-order valence-electron chi connectivity index (χ4n) is 2.49. The van der Waals surface area contributed by atoms with Crippen molar-refractivity contribution >= 4 is 40.0 Å². The number of rotatable bonds is 6. The van der Waals surface area contributed by atoms with Crippen LogP contribution in [-0.2, 0) is 11.2 Å². The molecule has 7 nitrogen and oxygen atoms in total. The van der Waals surface area contributed by atoms with Crippen molar-refractivity contribution in [2.24, 2.45) is 0 Å². The zero-order valence-electron chi connectivity index (χ0n) is 14.7. The average Bonchev–Trinajstić information content (AvgIpc) is 3.24. The van der Waals surface area contributed by atoms with Gasteiger partial charge in [-0.3, -0.25) is 10.2 Å². The molecule has 2 aromatic rings. The molecular formula is C18H16N4O3S2. The number of allylic oxidation sites excluding steroid dienone is 1. The van der Waals surface area contributed by atoms with Crippen molar-refractivity contribution in [2.45, 2.75) is 19.3 Å². The summed E-state index contributed by atoms with van der Waals surface area (Å²) in [6.45, 7) is 1.90. The lowest BCUT2D eigenvalue weighted by Gasteiger charge is -2.09. The number of benzene rings is 1. The summed E-state index contributed by atoms with van der Waals surface area (Å²) in [5.41, 5.74) is 0.743. The molecule has 138 valence electrons. The Kier molecular flexibility index (Phi) is 5.88. The Hall–Kier alpha value is -2.70. The molecule has 1 aromatic heterocycles. The number of carbonyl (C=O) groups is 1. The van der Waals surface area contributed by atoms with Crippen LogP contribution in [0.1, 0.15) is 28.4 Å². The van der Waals surface area contributed by atoms with Gasteiger partial charge in [-0.15, -0.1) is 21.5 Å². The second-order valence-electron chi connectivity index (χ2n) is 5.52. The molecular weight excluding hydrogens is 384 g/mol. The summed E-state index contributed by atoms with van der Waals surface area (Å²) in [6.07, 6.45) is 2.47. The van der Waals surface area contributed by atoms with Gasteiger partial charge in [0.1, 0.15) is 22.0 Å². The summed E-state index contributed by atoms with van der Waals surface area (Å²) in [5, 5.41) is 26.6. The standard InChI is InChI=1S/C18H16N4O3S2/c1-3-14-21-22-18(27-14)15-16(23)13(26-17(15)20)9-10-4-5-11(25-7-6-19)12(8-10)24-2/h4-5,8-9,15,20H,3,7H2,1-2H3/b13-9-,20-17?/t15-/m0/s1. The Morgan fingerprint density at radius 2 is 2.19 bits per heavy atom. The number of Topliss-reactive ketones (excluding diaryl/α,β-unsaturated/α-hetero) is 1. The van der Waals surface area contributed by atoms with E-state index in [2.05, 4.69) is 10.2 Å². The van der Waals surface area contributed by atoms with E-state index in [9.17, 15) is 4.79 Å². The number of hydrogen-bond donors (Lipinski definition) is 1. The first-order valence-corrected chi connectivity index (χ1v) is 9.73. The molecule has 2 heterocycles. The molecule has 0 spiro atoms. The van der Waals surface area contributed by atoms with Gasteiger partial charge in [0, 0.05) is 0 Å². The van der Waals surface area contributed by atoms with Crippen LogP contribution in [0.4, 0.5) is 0 Å². The molecule has 0 bridgehead atoms. The number of methoxy groups -OCH3 is 1. The third-order valence-electron chi connectivity index (χ3n) is 3.80. The molecule has 9 heteroatoms. The largest absolute Gasteiger partial charge is 0.493 e. The SMILES string of the molecule is CCc1nnc([C@@H]2C(=N)S/C(=C\c3ccc(OCC#N)c(OC)c3)C2=O)s1. The summed E-state index contributed by atoms with van der Waals surface area (Å²) in [7, 11) is 1.51. The molecule has 0 radical (unpaired) electrons. The highest BCUT2D eigenvalue weighted by Crippen LogP contribution is 2.42. The highest BCUT2D eigenvalue weighted by atomic mass is 32.2. The second-order valence-corrected chi connectivity index (χ2v) is 7.69. The summed E-state index contributed by atoms with van der Waals surface area (Å²) in [6, 6.07) is 7.09. The molecule has 3 rings (SSSR count). The van der Waals surface area contributed by atoms with E-state index in [0.29, 0.717) is 21.4 Å². The van der Waals surface area contributed by atoms with Gasteiger partial charge in [0.2, 0.25) is 0 Å². The van der Waals surface area contributed by atoms with Gasteiger partial charge in [-0.25, -0.2) is 0 Å². The number of aryl methyl sites for hydroxylation is 1. The molecule has 1 aliphatic rings. The maximum atomic E-state index is 12.8. The third-order valence-corrected chi connectivity index (χ3v) is 5.92. The van der Waals surface area contributed by atoms with Crippen LogP contribution in [0.2, 0.25) is 0 Å². The van der Waals surface area contributed by atoms with Crippen molar-refractivity contribution in [3.8, 4) is 17.6 Å².